The van der Waals surface area contributed by atoms with E-state index in [9.17, 15) is 18.8 Å². The molecule has 3 rings (SSSR count). The maximum Gasteiger partial charge on any atom is 0.273 e. The van der Waals surface area contributed by atoms with Crippen LogP contribution >= 0.6 is 0 Å². The Morgan fingerprint density at radius 3 is 2.38 bits per heavy atom. The Kier molecular flexibility index (Phi) is 2.77. The van der Waals surface area contributed by atoms with Crippen molar-refractivity contribution >= 4 is 17.2 Å². The van der Waals surface area contributed by atoms with E-state index in [1.807, 2.05) is 6.07 Å². The van der Waals surface area contributed by atoms with Crippen molar-refractivity contribution in [1.29, 1.82) is 5.26 Å². The SMILES string of the molecule is N#Cc1ccc2c(c1)C(=O)C(c1cc(F)cc(F)c1)=[N+]2[O-]. The molecule has 0 fully saturated rings. The first-order valence-electron chi connectivity index (χ1n) is 5.91. The van der Waals surface area contributed by atoms with Gasteiger partial charge in [-0.15, -0.1) is 0 Å². The Bertz CT molecular complexity index is 846. The lowest BCUT2D eigenvalue weighted by Gasteiger charge is -2.02. The average Bonchev–Trinajstić information content (AvgIpc) is 2.69. The molecule has 0 atom stereocenters. The van der Waals surface area contributed by atoms with Crippen LogP contribution in [0.4, 0.5) is 14.5 Å². The quantitative estimate of drug-likeness (QED) is 0.597. The number of nitrogens with zero attached hydrogens (tertiary/aromatic N) is 2. The lowest BCUT2D eigenvalue weighted by atomic mass is 10.0. The number of Topliss-reactive ketones (excluding diaryl/α,β-unsaturated/α-hetero) is 1. The molecule has 1 heterocycles. The molecule has 0 unspecified atom stereocenters. The fourth-order valence-electron chi connectivity index (χ4n) is 2.24. The van der Waals surface area contributed by atoms with Crippen molar-refractivity contribution in [3.63, 3.8) is 0 Å². The molecule has 6 heteroatoms. The first-order valence-corrected chi connectivity index (χ1v) is 5.91. The Morgan fingerprint density at radius 2 is 1.76 bits per heavy atom. The maximum atomic E-state index is 13.3. The minimum Gasteiger partial charge on any atom is -0.618 e. The molecular formula is C15H6F2N2O2. The molecule has 0 bridgehead atoms. The van der Waals surface area contributed by atoms with Gasteiger partial charge in [-0.1, -0.05) is 0 Å². The summed E-state index contributed by atoms with van der Waals surface area (Å²) in [5.41, 5.74) is -0.176. The summed E-state index contributed by atoms with van der Waals surface area (Å²) in [4.78, 5) is 12.3. The molecule has 0 spiro atoms. The van der Waals surface area contributed by atoms with E-state index in [2.05, 4.69) is 0 Å². The van der Waals surface area contributed by atoms with E-state index in [-0.39, 0.29) is 28.1 Å². The Labute approximate surface area is 117 Å². The summed E-state index contributed by atoms with van der Waals surface area (Å²) in [6, 6.07) is 8.36. The van der Waals surface area contributed by atoms with E-state index >= 15 is 0 Å². The number of ketones is 1. The van der Waals surface area contributed by atoms with Crippen LogP contribution in [-0.2, 0) is 0 Å². The van der Waals surface area contributed by atoms with Crippen LogP contribution in [0, 0.1) is 28.2 Å². The monoisotopic (exact) mass is 284 g/mol. The van der Waals surface area contributed by atoms with Gasteiger partial charge >= 0.3 is 0 Å². The van der Waals surface area contributed by atoms with Gasteiger partial charge in [-0.2, -0.15) is 10.0 Å². The van der Waals surface area contributed by atoms with E-state index in [1.54, 1.807) is 0 Å². The van der Waals surface area contributed by atoms with Crippen molar-refractivity contribution in [3.8, 4) is 6.07 Å². The van der Waals surface area contributed by atoms with Gasteiger partial charge in [0.2, 0.25) is 5.69 Å². The minimum atomic E-state index is -0.882. The molecule has 2 aromatic carbocycles. The van der Waals surface area contributed by atoms with Crippen LogP contribution in [0.25, 0.3) is 0 Å². The predicted octanol–water partition coefficient (Wildman–Crippen LogP) is 2.66. The summed E-state index contributed by atoms with van der Waals surface area (Å²) < 4.78 is 26.8. The summed E-state index contributed by atoms with van der Waals surface area (Å²) in [7, 11) is 0. The van der Waals surface area contributed by atoms with Crippen LogP contribution in [0.5, 0.6) is 0 Å². The largest absolute Gasteiger partial charge is 0.618 e. The van der Waals surface area contributed by atoms with Gasteiger partial charge in [-0.3, -0.25) is 4.79 Å². The van der Waals surface area contributed by atoms with Crippen molar-refractivity contribution in [2.45, 2.75) is 0 Å². The molecule has 0 aliphatic carbocycles. The Hall–Kier alpha value is -3.07. The molecule has 0 aromatic heterocycles. The minimum absolute atomic E-state index is 0.0451. The lowest BCUT2D eigenvalue weighted by Crippen LogP contribution is -2.17. The fourth-order valence-corrected chi connectivity index (χ4v) is 2.24. The average molecular weight is 284 g/mol. The van der Waals surface area contributed by atoms with Gasteiger partial charge in [-0.25, -0.2) is 8.78 Å². The molecule has 21 heavy (non-hydrogen) atoms. The summed E-state index contributed by atoms with van der Waals surface area (Å²) in [5, 5.41) is 21.0. The second kappa shape index (κ2) is 4.49. The molecular weight excluding hydrogens is 278 g/mol. The van der Waals surface area contributed by atoms with Crippen LogP contribution < -0.4 is 0 Å². The van der Waals surface area contributed by atoms with E-state index in [0.717, 1.165) is 12.1 Å². The molecule has 1 aliphatic heterocycles. The zero-order valence-electron chi connectivity index (χ0n) is 10.4. The summed E-state index contributed by atoms with van der Waals surface area (Å²) in [5.74, 6) is -2.43. The van der Waals surface area contributed by atoms with Crippen LogP contribution in [0.3, 0.4) is 0 Å². The lowest BCUT2D eigenvalue weighted by molar-refractivity contribution is -0.355. The van der Waals surface area contributed by atoms with Gasteiger partial charge in [0.05, 0.1) is 17.2 Å². The highest BCUT2D eigenvalue weighted by Gasteiger charge is 2.37. The van der Waals surface area contributed by atoms with Crippen molar-refractivity contribution in [2.75, 3.05) is 0 Å². The first kappa shape index (κ1) is 12.9. The van der Waals surface area contributed by atoms with Gasteiger partial charge in [0, 0.05) is 12.1 Å². The molecule has 0 saturated carbocycles. The van der Waals surface area contributed by atoms with Crippen molar-refractivity contribution in [1.82, 2.24) is 0 Å². The zero-order valence-corrected chi connectivity index (χ0v) is 10.4. The molecule has 0 amide bonds. The van der Waals surface area contributed by atoms with Crippen molar-refractivity contribution in [3.05, 3.63) is 69.9 Å². The van der Waals surface area contributed by atoms with Crippen LogP contribution in [0.2, 0.25) is 0 Å². The number of nitriles is 1. The number of hydrogen-bond donors (Lipinski definition) is 0. The molecule has 4 nitrogen and oxygen atoms in total. The van der Waals surface area contributed by atoms with Gasteiger partial charge in [0.1, 0.15) is 17.2 Å². The number of carbonyl (C=O) groups excluding carboxylic acids is 1. The van der Waals surface area contributed by atoms with Gasteiger partial charge < -0.3 is 5.21 Å². The smallest absolute Gasteiger partial charge is 0.273 e. The highest BCUT2D eigenvalue weighted by molar-refractivity contribution is 6.52. The number of halogens is 2. The molecule has 0 saturated heterocycles. The third kappa shape index (κ3) is 1.96. The van der Waals surface area contributed by atoms with Crippen LogP contribution in [0.15, 0.2) is 36.4 Å². The predicted molar refractivity (Wildman–Crippen MR) is 69.2 cm³/mol. The first-order chi connectivity index (χ1) is 10.0. The normalized spacial score (nSPS) is 13.3. The van der Waals surface area contributed by atoms with E-state index in [1.165, 1.54) is 18.2 Å². The Morgan fingerprint density at radius 1 is 1.10 bits per heavy atom. The molecule has 102 valence electrons. The molecule has 2 aromatic rings. The summed E-state index contributed by atoms with van der Waals surface area (Å²) >= 11 is 0. The molecule has 1 aliphatic rings. The Balaban J connectivity index is 2.20. The van der Waals surface area contributed by atoms with Crippen molar-refractivity contribution < 1.29 is 18.3 Å². The third-order valence-electron chi connectivity index (χ3n) is 3.14. The number of benzene rings is 2. The highest BCUT2D eigenvalue weighted by atomic mass is 19.1. The number of fused-ring (bicyclic) bond motifs is 1. The third-order valence-corrected chi connectivity index (χ3v) is 3.14. The topological polar surface area (TPSA) is 66.9 Å². The van der Waals surface area contributed by atoms with Gasteiger partial charge in [0.25, 0.3) is 11.5 Å². The number of carbonyl (C=O) groups is 1. The maximum absolute atomic E-state index is 13.3. The second-order valence-electron chi connectivity index (χ2n) is 4.47. The summed E-state index contributed by atoms with van der Waals surface area (Å²) in [6.45, 7) is 0. The van der Waals surface area contributed by atoms with Crippen LogP contribution in [0.1, 0.15) is 21.5 Å². The van der Waals surface area contributed by atoms with Gasteiger partial charge in [-0.05, 0) is 24.3 Å². The van der Waals surface area contributed by atoms with Gasteiger partial charge in [0.15, 0.2) is 0 Å². The zero-order chi connectivity index (χ0) is 15.1. The van der Waals surface area contributed by atoms with E-state index in [4.69, 9.17) is 5.26 Å². The second-order valence-corrected chi connectivity index (χ2v) is 4.47. The molecule has 0 radical (unpaired) electrons. The highest BCUT2D eigenvalue weighted by Crippen LogP contribution is 2.29. The standard InChI is InChI=1S/C15H6F2N2O2/c16-10-4-9(5-11(17)6-10)14-15(20)12-3-8(7-18)1-2-13(12)19(14)21/h1-6H. The van der Waals surface area contributed by atoms with E-state index in [0.29, 0.717) is 10.8 Å². The number of hydrogen-bond acceptors (Lipinski definition) is 3. The number of rotatable bonds is 1. The van der Waals surface area contributed by atoms with E-state index < -0.39 is 17.4 Å². The summed E-state index contributed by atoms with van der Waals surface area (Å²) in [6.07, 6.45) is 0. The molecule has 0 N–H and O–H groups in total. The van der Waals surface area contributed by atoms with Crippen LogP contribution in [-0.4, -0.2) is 16.2 Å². The van der Waals surface area contributed by atoms with Crippen molar-refractivity contribution in [2.24, 2.45) is 0 Å². The fraction of sp³-hybridized carbons (Fsp3) is 0.